The third-order valence-corrected chi connectivity index (χ3v) is 5.51. The largest absolute Gasteiger partial charge is 0.383 e. The second-order valence-corrected chi connectivity index (χ2v) is 7.54. The van der Waals surface area contributed by atoms with E-state index in [2.05, 4.69) is 42.3 Å². The van der Waals surface area contributed by atoms with Gasteiger partial charge in [-0.25, -0.2) is 15.0 Å². The van der Waals surface area contributed by atoms with Gasteiger partial charge in [0.2, 0.25) is 5.95 Å². The minimum Gasteiger partial charge on any atom is -0.383 e. The summed E-state index contributed by atoms with van der Waals surface area (Å²) in [5, 5.41) is 3.00. The molecule has 9 nitrogen and oxygen atoms in total. The van der Waals surface area contributed by atoms with Crippen LogP contribution < -0.4 is 5.32 Å². The molecule has 9 heteroatoms. The van der Waals surface area contributed by atoms with Crippen LogP contribution in [0.15, 0.2) is 49.2 Å². The Bertz CT molecular complexity index is 1220. The summed E-state index contributed by atoms with van der Waals surface area (Å²) >= 11 is 0. The molecule has 2 N–H and O–H groups in total. The number of imidazole rings is 1. The monoisotopic (exact) mass is 417 g/mol. The number of nitrogens with zero attached hydrogens (tertiary/aromatic N) is 5. The van der Waals surface area contributed by atoms with Gasteiger partial charge in [0.25, 0.3) is 5.91 Å². The molecule has 0 radical (unpaired) electrons. The van der Waals surface area contributed by atoms with Crippen molar-refractivity contribution in [2.24, 2.45) is 0 Å². The highest BCUT2D eigenvalue weighted by molar-refractivity contribution is 6.10. The van der Waals surface area contributed by atoms with Gasteiger partial charge in [-0.15, -0.1) is 0 Å². The lowest BCUT2D eigenvalue weighted by atomic mass is 9.99. The third-order valence-electron chi connectivity index (χ3n) is 5.51. The molecule has 1 aliphatic rings. The third kappa shape index (κ3) is 3.92. The first-order valence-electron chi connectivity index (χ1n) is 10.2. The normalized spacial score (nSPS) is 14.0. The molecule has 0 fully saturated rings. The van der Waals surface area contributed by atoms with E-state index in [9.17, 15) is 4.79 Å². The van der Waals surface area contributed by atoms with Crippen molar-refractivity contribution in [1.29, 1.82) is 0 Å². The van der Waals surface area contributed by atoms with Gasteiger partial charge in [0.05, 0.1) is 17.6 Å². The Labute approximate surface area is 179 Å². The van der Waals surface area contributed by atoms with Gasteiger partial charge in [-0.2, -0.15) is 0 Å². The quantitative estimate of drug-likeness (QED) is 0.500. The Hall–Kier alpha value is -3.56. The van der Waals surface area contributed by atoms with Crippen LogP contribution in [-0.2, 0) is 17.7 Å². The molecule has 1 amide bonds. The number of carbonyl (C=O) groups excluding carboxylic acids is 1. The van der Waals surface area contributed by atoms with Gasteiger partial charge in [-0.05, 0) is 35.7 Å². The van der Waals surface area contributed by atoms with Crippen molar-refractivity contribution in [3.8, 4) is 5.95 Å². The summed E-state index contributed by atoms with van der Waals surface area (Å²) < 4.78 is 6.88. The highest BCUT2D eigenvalue weighted by Gasteiger charge is 2.19. The van der Waals surface area contributed by atoms with Crippen molar-refractivity contribution in [1.82, 2.24) is 29.4 Å². The molecular formula is C22H23N7O2. The van der Waals surface area contributed by atoms with E-state index >= 15 is 0 Å². The number of methoxy groups -OCH3 is 1. The van der Waals surface area contributed by atoms with E-state index in [-0.39, 0.29) is 11.6 Å². The number of rotatable bonds is 6. The second-order valence-electron chi connectivity index (χ2n) is 7.54. The Morgan fingerprint density at radius 1 is 1.26 bits per heavy atom. The van der Waals surface area contributed by atoms with Gasteiger partial charge in [0.15, 0.2) is 5.69 Å². The average Bonchev–Trinajstić information content (AvgIpc) is 3.48. The highest BCUT2D eigenvalue weighted by atomic mass is 16.5. The molecule has 3 aromatic heterocycles. The van der Waals surface area contributed by atoms with E-state index in [0.717, 1.165) is 31.7 Å². The average molecular weight is 417 g/mol. The fraction of sp³-hybridized carbons (Fsp3) is 0.273. The van der Waals surface area contributed by atoms with Crippen LogP contribution >= 0.6 is 0 Å². The minimum atomic E-state index is -0.289. The standard InChI is InChI=1S/C22H23N7O2/c1-31-11-10-28-8-5-15-2-3-17(12-16(15)13-28)25-21(30)20-19-18(4-6-24-19)26-22(27-20)29-9-7-23-14-29/h2-4,6-7,9,12,14,24H,5,8,10-11,13H2,1H3,(H,25,30). The lowest BCUT2D eigenvalue weighted by molar-refractivity contribution is 0.102. The summed E-state index contributed by atoms with van der Waals surface area (Å²) in [6.45, 7) is 3.48. The van der Waals surface area contributed by atoms with E-state index in [4.69, 9.17) is 4.74 Å². The first kappa shape index (κ1) is 19.4. The molecule has 31 heavy (non-hydrogen) atoms. The smallest absolute Gasteiger partial charge is 0.276 e. The zero-order valence-electron chi connectivity index (χ0n) is 17.2. The fourth-order valence-corrected chi connectivity index (χ4v) is 3.88. The summed E-state index contributed by atoms with van der Waals surface area (Å²) in [5.74, 6) is 0.109. The second kappa shape index (κ2) is 8.29. The van der Waals surface area contributed by atoms with Crippen LogP contribution in [0.1, 0.15) is 21.6 Å². The van der Waals surface area contributed by atoms with E-state index in [0.29, 0.717) is 23.6 Å². The van der Waals surface area contributed by atoms with Crippen molar-refractivity contribution in [3.63, 3.8) is 0 Å². The SMILES string of the molecule is COCCN1CCc2ccc(NC(=O)c3nc(-n4ccnc4)nc4cc[nH]c34)cc2C1. The zero-order valence-corrected chi connectivity index (χ0v) is 17.2. The maximum Gasteiger partial charge on any atom is 0.276 e. The number of hydrogen-bond donors (Lipinski definition) is 2. The molecule has 0 saturated carbocycles. The van der Waals surface area contributed by atoms with Gasteiger partial charge >= 0.3 is 0 Å². The van der Waals surface area contributed by atoms with Crippen LogP contribution in [0.5, 0.6) is 0 Å². The summed E-state index contributed by atoms with van der Waals surface area (Å²) in [6.07, 6.45) is 7.74. The molecule has 4 heterocycles. The summed E-state index contributed by atoms with van der Waals surface area (Å²) in [7, 11) is 1.72. The van der Waals surface area contributed by atoms with Crippen molar-refractivity contribution in [2.75, 3.05) is 32.1 Å². The number of amides is 1. The van der Waals surface area contributed by atoms with Gasteiger partial charge < -0.3 is 15.0 Å². The first-order chi connectivity index (χ1) is 15.2. The number of ether oxygens (including phenoxy) is 1. The summed E-state index contributed by atoms with van der Waals surface area (Å²) in [6, 6.07) is 7.92. The molecular weight excluding hydrogens is 394 g/mol. The Morgan fingerprint density at radius 3 is 3.03 bits per heavy atom. The molecule has 4 aromatic rings. The van der Waals surface area contributed by atoms with Gasteiger partial charge in [-0.3, -0.25) is 14.3 Å². The van der Waals surface area contributed by atoms with Crippen LogP contribution in [-0.4, -0.2) is 62.1 Å². The number of H-pyrrole nitrogens is 1. The number of carbonyl (C=O) groups is 1. The van der Waals surface area contributed by atoms with Crippen molar-refractivity contribution < 1.29 is 9.53 Å². The Morgan fingerprint density at radius 2 is 2.19 bits per heavy atom. The number of aromatic nitrogens is 5. The number of anilines is 1. The van der Waals surface area contributed by atoms with Crippen LogP contribution in [0.3, 0.4) is 0 Å². The molecule has 0 bridgehead atoms. The number of hydrogen-bond acceptors (Lipinski definition) is 6. The maximum absolute atomic E-state index is 13.1. The zero-order chi connectivity index (χ0) is 21.2. The van der Waals surface area contributed by atoms with Gasteiger partial charge in [-0.1, -0.05) is 6.07 Å². The van der Waals surface area contributed by atoms with Crippen LogP contribution in [0.2, 0.25) is 0 Å². The van der Waals surface area contributed by atoms with Crippen LogP contribution in [0.4, 0.5) is 5.69 Å². The van der Waals surface area contributed by atoms with Gasteiger partial charge in [0, 0.05) is 51.0 Å². The molecule has 0 atom stereocenters. The van der Waals surface area contributed by atoms with Crippen LogP contribution in [0.25, 0.3) is 17.0 Å². The first-order valence-corrected chi connectivity index (χ1v) is 10.2. The summed E-state index contributed by atoms with van der Waals surface area (Å²) in [5.41, 5.74) is 4.86. The molecule has 1 aromatic carbocycles. The van der Waals surface area contributed by atoms with E-state index < -0.39 is 0 Å². The molecule has 0 saturated heterocycles. The lowest BCUT2D eigenvalue weighted by Gasteiger charge is -2.28. The Balaban J connectivity index is 1.41. The topological polar surface area (TPSA) is 101 Å². The fourth-order valence-electron chi connectivity index (χ4n) is 3.88. The lowest BCUT2D eigenvalue weighted by Crippen LogP contribution is -2.33. The predicted octanol–water partition coefficient (Wildman–Crippen LogP) is 2.40. The molecule has 5 rings (SSSR count). The van der Waals surface area contributed by atoms with E-state index in [1.807, 2.05) is 12.1 Å². The molecule has 0 unspecified atom stereocenters. The molecule has 158 valence electrons. The minimum absolute atomic E-state index is 0.289. The van der Waals surface area contributed by atoms with Crippen molar-refractivity contribution >= 4 is 22.6 Å². The molecule has 1 aliphatic heterocycles. The number of benzene rings is 1. The van der Waals surface area contributed by atoms with Crippen LogP contribution in [0, 0.1) is 0 Å². The van der Waals surface area contributed by atoms with Crippen molar-refractivity contribution in [2.45, 2.75) is 13.0 Å². The van der Waals surface area contributed by atoms with Gasteiger partial charge in [0.1, 0.15) is 6.33 Å². The summed E-state index contributed by atoms with van der Waals surface area (Å²) in [4.78, 5) is 31.6. The maximum atomic E-state index is 13.1. The van der Waals surface area contributed by atoms with Crippen molar-refractivity contribution in [3.05, 3.63) is 66.0 Å². The number of fused-ring (bicyclic) bond motifs is 2. The predicted molar refractivity (Wildman–Crippen MR) is 116 cm³/mol. The number of aromatic amines is 1. The Kier molecular flexibility index (Phi) is 5.19. The molecule has 0 aliphatic carbocycles. The van der Waals surface area contributed by atoms with E-state index in [1.165, 1.54) is 11.1 Å². The van der Waals surface area contributed by atoms with E-state index in [1.54, 1.807) is 36.6 Å². The number of nitrogens with one attached hydrogen (secondary N) is 2. The molecule has 0 spiro atoms. The highest BCUT2D eigenvalue weighted by Crippen LogP contribution is 2.24.